The molecule has 2 N–H and O–H groups in total. The number of aliphatic hydroxyl groups is 1. The molecule has 0 saturated heterocycles. The van der Waals surface area contributed by atoms with E-state index in [1.807, 2.05) is 11.4 Å². The summed E-state index contributed by atoms with van der Waals surface area (Å²) in [6.45, 7) is 1.70. The number of nitrogens with one attached hydrogen (secondary N) is 1. The lowest BCUT2D eigenvalue weighted by Gasteiger charge is -2.22. The minimum atomic E-state index is -2.49. The molecular formula is C15H15F2NO2S2. The van der Waals surface area contributed by atoms with E-state index in [0.717, 1.165) is 4.88 Å². The molecule has 2 aromatic rings. The standard InChI is InChI=1S/C15H15F2NO2S2/c1-15(20,12-3-2-8-21-12)9-18-13(19)10-4-6-11(7-5-10)22-14(16)17/h2-8,14,20H,9H2,1H3,(H,18,19). The van der Waals surface area contributed by atoms with E-state index in [4.69, 9.17) is 0 Å². The number of benzene rings is 1. The van der Waals surface area contributed by atoms with Gasteiger partial charge in [0.1, 0.15) is 5.60 Å². The van der Waals surface area contributed by atoms with Gasteiger partial charge in [0, 0.05) is 15.3 Å². The SMILES string of the molecule is CC(O)(CNC(=O)c1ccc(SC(F)F)cc1)c1cccs1. The van der Waals surface area contributed by atoms with Gasteiger partial charge in [-0.05, 0) is 42.6 Å². The fourth-order valence-corrected chi connectivity index (χ4v) is 3.10. The van der Waals surface area contributed by atoms with Gasteiger partial charge in [-0.25, -0.2) is 0 Å². The molecule has 7 heteroatoms. The number of rotatable bonds is 6. The summed E-state index contributed by atoms with van der Waals surface area (Å²) in [5.41, 5.74) is -0.782. The first-order valence-corrected chi connectivity index (χ1v) is 8.24. The van der Waals surface area contributed by atoms with Crippen molar-refractivity contribution in [2.24, 2.45) is 0 Å². The lowest BCUT2D eigenvalue weighted by Crippen LogP contribution is -2.38. The van der Waals surface area contributed by atoms with Crippen LogP contribution < -0.4 is 5.32 Å². The molecule has 0 fully saturated rings. The van der Waals surface area contributed by atoms with Gasteiger partial charge in [0.15, 0.2) is 0 Å². The van der Waals surface area contributed by atoms with Crippen LogP contribution in [0.2, 0.25) is 0 Å². The molecule has 3 nitrogen and oxygen atoms in total. The van der Waals surface area contributed by atoms with Gasteiger partial charge in [-0.1, -0.05) is 17.8 Å². The monoisotopic (exact) mass is 343 g/mol. The quantitative estimate of drug-likeness (QED) is 0.786. The van der Waals surface area contributed by atoms with Crippen molar-refractivity contribution in [3.63, 3.8) is 0 Å². The molecule has 1 aromatic carbocycles. The highest BCUT2D eigenvalue weighted by molar-refractivity contribution is 7.99. The maximum Gasteiger partial charge on any atom is 0.288 e. The lowest BCUT2D eigenvalue weighted by molar-refractivity contribution is 0.0557. The molecular weight excluding hydrogens is 328 g/mol. The predicted molar refractivity (Wildman–Crippen MR) is 84.5 cm³/mol. The Kier molecular flexibility index (Phi) is 5.55. The molecule has 0 aliphatic rings. The van der Waals surface area contributed by atoms with Gasteiger partial charge in [-0.2, -0.15) is 8.78 Å². The van der Waals surface area contributed by atoms with E-state index in [-0.39, 0.29) is 12.5 Å². The summed E-state index contributed by atoms with van der Waals surface area (Å²) in [5, 5.41) is 14.8. The second-order valence-corrected chi connectivity index (χ2v) is 6.85. The third kappa shape index (κ3) is 4.53. The van der Waals surface area contributed by atoms with Crippen LogP contribution in [0, 0.1) is 0 Å². The summed E-state index contributed by atoms with van der Waals surface area (Å²) in [6.07, 6.45) is 0. The van der Waals surface area contributed by atoms with Crippen molar-refractivity contribution in [3.8, 4) is 0 Å². The predicted octanol–water partition coefficient (Wildman–Crippen LogP) is 3.70. The Labute approximate surface area is 135 Å². The minimum absolute atomic E-state index is 0.0693. The van der Waals surface area contributed by atoms with Gasteiger partial charge in [0.2, 0.25) is 0 Å². The van der Waals surface area contributed by atoms with Crippen LogP contribution in [0.1, 0.15) is 22.2 Å². The van der Waals surface area contributed by atoms with Crippen LogP contribution in [0.5, 0.6) is 0 Å². The molecule has 0 aliphatic heterocycles. The van der Waals surface area contributed by atoms with E-state index >= 15 is 0 Å². The lowest BCUT2D eigenvalue weighted by atomic mass is 10.1. The molecule has 1 unspecified atom stereocenters. The third-order valence-electron chi connectivity index (χ3n) is 2.99. The number of hydrogen-bond donors (Lipinski definition) is 2. The molecule has 1 atom stereocenters. The zero-order valence-corrected chi connectivity index (χ0v) is 13.4. The van der Waals surface area contributed by atoms with Gasteiger partial charge in [-0.3, -0.25) is 4.79 Å². The Bertz CT molecular complexity index is 613. The zero-order valence-electron chi connectivity index (χ0n) is 11.8. The van der Waals surface area contributed by atoms with Gasteiger partial charge in [0.25, 0.3) is 11.7 Å². The summed E-state index contributed by atoms with van der Waals surface area (Å²) >= 11 is 1.84. The number of hydrogen-bond acceptors (Lipinski definition) is 4. The van der Waals surface area contributed by atoms with Crippen LogP contribution in [0.15, 0.2) is 46.7 Å². The van der Waals surface area contributed by atoms with Gasteiger partial charge < -0.3 is 10.4 Å². The number of thioether (sulfide) groups is 1. The summed E-state index contributed by atoms with van der Waals surface area (Å²) in [5.74, 6) is -2.84. The Morgan fingerprint density at radius 2 is 2.05 bits per heavy atom. The van der Waals surface area contributed by atoms with E-state index < -0.39 is 11.4 Å². The molecule has 0 bridgehead atoms. The largest absolute Gasteiger partial charge is 0.383 e. The molecule has 0 saturated carbocycles. The molecule has 1 aromatic heterocycles. The molecule has 2 rings (SSSR count). The van der Waals surface area contributed by atoms with Crippen LogP contribution >= 0.6 is 23.1 Å². The number of thiophene rings is 1. The molecule has 0 radical (unpaired) electrons. The van der Waals surface area contributed by atoms with Crippen molar-refractivity contribution >= 4 is 29.0 Å². The number of carbonyl (C=O) groups is 1. The molecule has 0 aliphatic carbocycles. The fourth-order valence-electron chi connectivity index (χ4n) is 1.81. The van der Waals surface area contributed by atoms with Crippen LogP contribution in [0.4, 0.5) is 8.78 Å². The van der Waals surface area contributed by atoms with Crippen LogP contribution in [0.3, 0.4) is 0 Å². The molecule has 0 spiro atoms. The van der Waals surface area contributed by atoms with Crippen LogP contribution in [0.25, 0.3) is 0 Å². The van der Waals surface area contributed by atoms with Crippen molar-refractivity contribution in [1.82, 2.24) is 5.32 Å². The Balaban J connectivity index is 1.95. The van der Waals surface area contributed by atoms with E-state index in [1.54, 1.807) is 13.0 Å². The van der Waals surface area contributed by atoms with E-state index in [1.165, 1.54) is 35.6 Å². The maximum atomic E-state index is 12.2. The number of amides is 1. The second kappa shape index (κ2) is 7.21. The second-order valence-electron chi connectivity index (χ2n) is 4.84. The van der Waals surface area contributed by atoms with Crippen molar-refractivity contribution in [1.29, 1.82) is 0 Å². The molecule has 1 amide bonds. The summed E-state index contributed by atoms with van der Waals surface area (Å²) in [6, 6.07) is 9.55. The highest BCUT2D eigenvalue weighted by Gasteiger charge is 2.25. The van der Waals surface area contributed by atoms with E-state index in [2.05, 4.69) is 5.32 Å². The first kappa shape index (κ1) is 16.9. The summed E-state index contributed by atoms with van der Waals surface area (Å²) in [7, 11) is 0. The van der Waals surface area contributed by atoms with Gasteiger partial charge in [-0.15, -0.1) is 11.3 Å². The molecule has 1 heterocycles. The normalized spacial score (nSPS) is 13.9. The van der Waals surface area contributed by atoms with Crippen molar-refractivity contribution in [3.05, 3.63) is 52.2 Å². The van der Waals surface area contributed by atoms with Crippen molar-refractivity contribution in [2.45, 2.75) is 23.2 Å². The van der Waals surface area contributed by atoms with E-state index in [9.17, 15) is 18.7 Å². The fraction of sp³-hybridized carbons (Fsp3) is 0.267. The number of halogens is 2. The van der Waals surface area contributed by atoms with Gasteiger partial charge >= 0.3 is 0 Å². The molecule has 118 valence electrons. The minimum Gasteiger partial charge on any atom is -0.383 e. The van der Waals surface area contributed by atoms with E-state index in [0.29, 0.717) is 22.2 Å². The highest BCUT2D eigenvalue weighted by atomic mass is 32.2. The summed E-state index contributed by atoms with van der Waals surface area (Å²) in [4.78, 5) is 13.2. The zero-order chi connectivity index (χ0) is 16.2. The average molecular weight is 343 g/mol. The average Bonchev–Trinajstić information content (AvgIpc) is 3.00. The topological polar surface area (TPSA) is 49.3 Å². The first-order valence-electron chi connectivity index (χ1n) is 6.48. The Hall–Kier alpha value is -1.44. The highest BCUT2D eigenvalue weighted by Crippen LogP contribution is 2.26. The third-order valence-corrected chi connectivity index (χ3v) is 4.83. The maximum absolute atomic E-state index is 12.2. The Morgan fingerprint density at radius 1 is 1.36 bits per heavy atom. The number of carbonyl (C=O) groups excluding carboxylic acids is 1. The Morgan fingerprint density at radius 3 is 2.59 bits per heavy atom. The van der Waals surface area contributed by atoms with Crippen LogP contribution in [-0.4, -0.2) is 23.3 Å². The number of alkyl halides is 2. The van der Waals surface area contributed by atoms with Gasteiger partial charge in [0.05, 0.1) is 6.54 Å². The van der Waals surface area contributed by atoms with Crippen molar-refractivity contribution in [2.75, 3.05) is 6.54 Å². The first-order chi connectivity index (χ1) is 10.4. The smallest absolute Gasteiger partial charge is 0.288 e. The summed E-state index contributed by atoms with van der Waals surface area (Å²) < 4.78 is 24.4. The molecule has 22 heavy (non-hydrogen) atoms. The van der Waals surface area contributed by atoms with Crippen LogP contribution in [-0.2, 0) is 5.60 Å². The van der Waals surface area contributed by atoms with Crippen molar-refractivity contribution < 1.29 is 18.7 Å².